The molecule has 0 bridgehead atoms. The van der Waals surface area contributed by atoms with Gasteiger partial charge in [0, 0.05) is 25.0 Å². The zero-order chi connectivity index (χ0) is 17.6. The molecule has 1 aromatic heterocycles. The second-order valence-electron chi connectivity index (χ2n) is 5.69. The summed E-state index contributed by atoms with van der Waals surface area (Å²) >= 11 is 1.40. The molecule has 1 saturated heterocycles. The molecule has 0 radical (unpaired) electrons. The standard InChI is InChI=1S/C17H19N3O4S/c21-13-9-20(6-7-24-10-13)16(23)14-8-18-17(19-15(14)22)25-11-12-4-2-1-3-5-12/h1-5,8,13,21H,6-7,9-11H2,(H,18,19,22)/t13-/m1/s1. The smallest absolute Gasteiger partial charge is 0.264 e. The van der Waals surface area contributed by atoms with Crippen LogP contribution in [0.25, 0.3) is 0 Å². The lowest BCUT2D eigenvalue weighted by atomic mass is 10.2. The van der Waals surface area contributed by atoms with Gasteiger partial charge >= 0.3 is 0 Å². The van der Waals surface area contributed by atoms with Crippen LogP contribution in [0.3, 0.4) is 0 Å². The van der Waals surface area contributed by atoms with Crippen LogP contribution in [0.15, 0.2) is 46.5 Å². The number of nitrogens with zero attached hydrogens (tertiary/aromatic N) is 2. The topological polar surface area (TPSA) is 95.5 Å². The molecule has 1 amide bonds. The van der Waals surface area contributed by atoms with Crippen molar-refractivity contribution in [2.24, 2.45) is 0 Å². The Morgan fingerprint density at radius 3 is 2.96 bits per heavy atom. The maximum absolute atomic E-state index is 12.5. The van der Waals surface area contributed by atoms with E-state index in [1.807, 2.05) is 30.3 Å². The van der Waals surface area contributed by atoms with Crippen LogP contribution < -0.4 is 5.56 Å². The van der Waals surface area contributed by atoms with Crippen LogP contribution in [0.4, 0.5) is 0 Å². The Balaban J connectivity index is 1.68. The van der Waals surface area contributed by atoms with Crippen molar-refractivity contribution < 1.29 is 14.6 Å². The monoisotopic (exact) mass is 361 g/mol. The number of amides is 1. The summed E-state index contributed by atoms with van der Waals surface area (Å²) in [5.41, 5.74) is 0.613. The van der Waals surface area contributed by atoms with Gasteiger partial charge in [-0.3, -0.25) is 9.59 Å². The van der Waals surface area contributed by atoms with E-state index in [1.165, 1.54) is 22.9 Å². The van der Waals surface area contributed by atoms with E-state index in [4.69, 9.17) is 4.74 Å². The Kier molecular flexibility index (Phi) is 5.85. The van der Waals surface area contributed by atoms with Crippen LogP contribution in [0.2, 0.25) is 0 Å². The number of ether oxygens (including phenoxy) is 1. The van der Waals surface area contributed by atoms with Crippen LogP contribution in [-0.4, -0.2) is 58.3 Å². The fourth-order valence-corrected chi connectivity index (χ4v) is 3.27. The van der Waals surface area contributed by atoms with Crippen molar-refractivity contribution in [2.75, 3.05) is 26.3 Å². The van der Waals surface area contributed by atoms with Gasteiger partial charge in [-0.05, 0) is 5.56 Å². The first kappa shape index (κ1) is 17.7. The van der Waals surface area contributed by atoms with Crippen LogP contribution in [-0.2, 0) is 10.5 Å². The molecule has 1 atom stereocenters. The molecule has 25 heavy (non-hydrogen) atoms. The average Bonchev–Trinajstić information content (AvgIpc) is 2.85. The number of thioether (sulfide) groups is 1. The minimum Gasteiger partial charge on any atom is -0.389 e. The van der Waals surface area contributed by atoms with Gasteiger partial charge in [-0.2, -0.15) is 0 Å². The highest BCUT2D eigenvalue weighted by Crippen LogP contribution is 2.17. The highest BCUT2D eigenvalue weighted by atomic mass is 32.2. The molecule has 8 heteroatoms. The van der Waals surface area contributed by atoms with Crippen LogP contribution in [0.5, 0.6) is 0 Å². The zero-order valence-corrected chi connectivity index (χ0v) is 14.4. The molecule has 1 aliphatic rings. The molecule has 2 heterocycles. The molecule has 0 unspecified atom stereocenters. The van der Waals surface area contributed by atoms with Gasteiger partial charge in [-0.15, -0.1) is 0 Å². The Bertz CT molecular complexity index is 781. The third-order valence-electron chi connectivity index (χ3n) is 3.76. The molecular weight excluding hydrogens is 342 g/mol. The average molecular weight is 361 g/mol. The minimum atomic E-state index is -0.751. The van der Waals surface area contributed by atoms with E-state index in [2.05, 4.69) is 9.97 Å². The number of hydrogen-bond acceptors (Lipinski definition) is 6. The van der Waals surface area contributed by atoms with Crippen molar-refractivity contribution in [1.82, 2.24) is 14.9 Å². The van der Waals surface area contributed by atoms with Gasteiger partial charge in [0.15, 0.2) is 5.16 Å². The number of benzene rings is 1. The number of rotatable bonds is 4. The molecule has 3 rings (SSSR count). The lowest BCUT2D eigenvalue weighted by Crippen LogP contribution is -2.40. The largest absolute Gasteiger partial charge is 0.389 e. The second-order valence-corrected chi connectivity index (χ2v) is 6.65. The SMILES string of the molecule is O=C(c1cnc(SCc2ccccc2)[nH]c1=O)N1CCOC[C@H](O)C1. The van der Waals surface area contributed by atoms with Gasteiger partial charge in [0.1, 0.15) is 5.56 Å². The Labute approximate surface area is 149 Å². The first-order chi connectivity index (χ1) is 12.1. The number of carbonyl (C=O) groups is 1. The first-order valence-electron chi connectivity index (χ1n) is 7.94. The Hall–Kier alpha value is -2.16. The molecule has 2 N–H and O–H groups in total. The van der Waals surface area contributed by atoms with Crippen LogP contribution in [0.1, 0.15) is 15.9 Å². The van der Waals surface area contributed by atoms with Gasteiger partial charge in [0.05, 0.1) is 19.3 Å². The molecule has 2 aromatic rings. The number of aliphatic hydroxyl groups is 1. The second kappa shape index (κ2) is 8.28. The third-order valence-corrected chi connectivity index (χ3v) is 4.72. The lowest BCUT2D eigenvalue weighted by molar-refractivity contribution is 0.0533. The lowest BCUT2D eigenvalue weighted by Gasteiger charge is -2.20. The van der Waals surface area contributed by atoms with Gasteiger partial charge in [-0.25, -0.2) is 4.98 Å². The van der Waals surface area contributed by atoms with E-state index in [1.54, 1.807) is 0 Å². The summed E-state index contributed by atoms with van der Waals surface area (Å²) in [6, 6.07) is 9.84. The minimum absolute atomic E-state index is 0.0295. The predicted octanol–water partition coefficient (Wildman–Crippen LogP) is 0.895. The molecule has 1 aromatic carbocycles. The maximum atomic E-state index is 12.5. The zero-order valence-electron chi connectivity index (χ0n) is 13.6. The van der Waals surface area contributed by atoms with Crippen molar-refractivity contribution in [3.05, 3.63) is 58.0 Å². The number of aliphatic hydroxyl groups excluding tert-OH is 1. The summed E-state index contributed by atoms with van der Waals surface area (Å²) in [5.74, 6) is 0.227. The van der Waals surface area contributed by atoms with Crippen molar-refractivity contribution in [3.8, 4) is 0 Å². The van der Waals surface area contributed by atoms with Gasteiger partial charge in [0.25, 0.3) is 11.5 Å². The number of nitrogens with one attached hydrogen (secondary N) is 1. The normalized spacial score (nSPS) is 18.0. The highest BCUT2D eigenvalue weighted by molar-refractivity contribution is 7.98. The van der Waals surface area contributed by atoms with Gasteiger partial charge in [-0.1, -0.05) is 42.1 Å². The maximum Gasteiger partial charge on any atom is 0.264 e. The Morgan fingerprint density at radius 1 is 1.40 bits per heavy atom. The molecule has 1 aliphatic heterocycles. The summed E-state index contributed by atoms with van der Waals surface area (Å²) in [6.45, 7) is 0.995. The summed E-state index contributed by atoms with van der Waals surface area (Å²) in [4.78, 5) is 33.0. The van der Waals surface area contributed by atoms with E-state index in [0.29, 0.717) is 24.1 Å². The fourth-order valence-electron chi connectivity index (χ4n) is 2.48. The van der Waals surface area contributed by atoms with Crippen molar-refractivity contribution in [3.63, 3.8) is 0 Å². The third kappa shape index (κ3) is 4.68. The molecule has 0 spiro atoms. The van der Waals surface area contributed by atoms with E-state index in [9.17, 15) is 14.7 Å². The van der Waals surface area contributed by atoms with E-state index in [-0.39, 0.29) is 18.7 Å². The number of carbonyl (C=O) groups excluding carboxylic acids is 1. The first-order valence-corrected chi connectivity index (χ1v) is 8.93. The molecule has 7 nitrogen and oxygen atoms in total. The quantitative estimate of drug-likeness (QED) is 0.620. The summed E-state index contributed by atoms with van der Waals surface area (Å²) < 4.78 is 5.20. The van der Waals surface area contributed by atoms with Crippen LogP contribution >= 0.6 is 11.8 Å². The number of H-pyrrole nitrogens is 1. The molecule has 0 aliphatic carbocycles. The molecule has 132 valence electrons. The fraction of sp³-hybridized carbons (Fsp3) is 0.353. The number of β-amino-alcohol motifs (C(OH)–C–C–N with tert-alkyl or cyclic N) is 1. The van der Waals surface area contributed by atoms with Crippen molar-refractivity contribution >= 4 is 17.7 Å². The van der Waals surface area contributed by atoms with Crippen molar-refractivity contribution in [1.29, 1.82) is 0 Å². The number of hydrogen-bond donors (Lipinski definition) is 2. The summed E-state index contributed by atoms with van der Waals surface area (Å²) in [5, 5.41) is 10.2. The van der Waals surface area contributed by atoms with E-state index >= 15 is 0 Å². The molecule has 0 saturated carbocycles. The van der Waals surface area contributed by atoms with Gasteiger partial charge in [0.2, 0.25) is 0 Å². The van der Waals surface area contributed by atoms with Crippen LogP contribution in [0, 0.1) is 0 Å². The number of aromatic nitrogens is 2. The molecule has 1 fully saturated rings. The summed E-state index contributed by atoms with van der Waals surface area (Å²) in [7, 11) is 0. The van der Waals surface area contributed by atoms with E-state index < -0.39 is 17.6 Å². The Morgan fingerprint density at radius 2 is 2.20 bits per heavy atom. The number of aromatic amines is 1. The predicted molar refractivity (Wildman–Crippen MR) is 93.6 cm³/mol. The summed E-state index contributed by atoms with van der Waals surface area (Å²) in [6.07, 6.45) is 0.547. The van der Waals surface area contributed by atoms with Gasteiger partial charge < -0.3 is 19.7 Å². The molecular formula is C17H19N3O4S. The highest BCUT2D eigenvalue weighted by Gasteiger charge is 2.24. The van der Waals surface area contributed by atoms with Crippen molar-refractivity contribution in [2.45, 2.75) is 17.0 Å². The van der Waals surface area contributed by atoms with E-state index in [0.717, 1.165) is 5.56 Å².